The summed E-state index contributed by atoms with van der Waals surface area (Å²) in [6.07, 6.45) is 0. The van der Waals surface area contributed by atoms with E-state index in [0.29, 0.717) is 0 Å². The second kappa shape index (κ2) is 2.83. The lowest BCUT2D eigenvalue weighted by molar-refractivity contribution is -0.582. The maximum Gasteiger partial charge on any atom is 0.310 e. The fraction of sp³-hybridized carbons (Fsp3) is 1.00. The van der Waals surface area contributed by atoms with Crippen molar-refractivity contribution >= 4 is 0 Å². The number of hydrogen-bond donors (Lipinski definition) is 9. The van der Waals surface area contributed by atoms with Gasteiger partial charge in [-0.2, -0.15) is 0 Å². The molecular formula is C5H11NO9. The summed E-state index contributed by atoms with van der Waals surface area (Å²) in [5, 5.41) is 79.8. The van der Waals surface area contributed by atoms with Crippen LogP contribution < -0.4 is 0 Å². The summed E-state index contributed by atoms with van der Waals surface area (Å²) in [5.41, 5.74) is 0. The fourth-order valence-electron chi connectivity index (χ4n) is 1.12. The molecule has 1 aliphatic rings. The molecule has 0 aromatic heterocycles. The molecule has 0 aromatic rings. The van der Waals surface area contributed by atoms with Gasteiger partial charge in [0.15, 0.2) is 0 Å². The van der Waals surface area contributed by atoms with Crippen molar-refractivity contribution < 1.29 is 46.1 Å². The van der Waals surface area contributed by atoms with Crippen LogP contribution in [0.3, 0.4) is 0 Å². The first-order chi connectivity index (χ1) is 6.38. The van der Waals surface area contributed by atoms with Gasteiger partial charge in [0.2, 0.25) is 5.79 Å². The third-order valence-corrected chi connectivity index (χ3v) is 2.24. The summed E-state index contributed by atoms with van der Waals surface area (Å²) in [6.45, 7) is -1.48. The standard InChI is InChI=1S/C5H11NO9/c7-2(8)1-6(15)5(13,14)4(11,12)3(2,9)10/h7-15H,1H2. The Hall–Kier alpha value is -0.400. The third kappa shape index (κ3) is 1.29. The van der Waals surface area contributed by atoms with E-state index in [1.165, 1.54) is 0 Å². The molecule has 10 heteroatoms. The van der Waals surface area contributed by atoms with Crippen molar-refractivity contribution in [2.45, 2.75) is 23.3 Å². The van der Waals surface area contributed by atoms with Crippen LogP contribution >= 0.6 is 0 Å². The van der Waals surface area contributed by atoms with Crippen LogP contribution in [-0.4, -0.2) is 80.9 Å². The predicted octanol–water partition coefficient (Wildman–Crippen LogP) is -5.63. The van der Waals surface area contributed by atoms with Gasteiger partial charge in [0, 0.05) is 0 Å². The van der Waals surface area contributed by atoms with Gasteiger partial charge in [0.1, 0.15) is 0 Å². The molecule has 1 heterocycles. The SMILES string of the molecule is ON1CC(O)(O)C(O)(O)C(O)(O)C1(O)O. The second-order valence-corrected chi connectivity index (χ2v) is 3.35. The lowest BCUT2D eigenvalue weighted by atomic mass is 9.88. The van der Waals surface area contributed by atoms with Gasteiger partial charge in [-0.3, -0.25) is 0 Å². The smallest absolute Gasteiger partial charge is 0.310 e. The summed E-state index contributed by atoms with van der Waals surface area (Å²) in [4.78, 5) is 0. The first-order valence-electron chi connectivity index (χ1n) is 3.63. The van der Waals surface area contributed by atoms with Crippen LogP contribution in [0, 0.1) is 0 Å². The maximum absolute atomic E-state index is 8.98. The van der Waals surface area contributed by atoms with E-state index in [-0.39, 0.29) is 0 Å². The maximum atomic E-state index is 8.98. The molecule has 9 N–H and O–H groups in total. The molecule has 10 nitrogen and oxygen atoms in total. The number of β-amino-alcohol motifs (C(OH)–C–C–N with tert-alkyl or cyclic N) is 2. The zero-order valence-corrected chi connectivity index (χ0v) is 7.18. The van der Waals surface area contributed by atoms with Gasteiger partial charge in [-0.25, -0.2) is 0 Å². The van der Waals surface area contributed by atoms with Crippen molar-refractivity contribution in [1.82, 2.24) is 5.06 Å². The number of rotatable bonds is 0. The van der Waals surface area contributed by atoms with Gasteiger partial charge >= 0.3 is 5.91 Å². The highest BCUT2D eigenvalue weighted by Gasteiger charge is 2.76. The number of hydrogen-bond acceptors (Lipinski definition) is 10. The van der Waals surface area contributed by atoms with Gasteiger partial charge in [0.05, 0.1) is 6.54 Å². The number of piperidine rings is 1. The molecule has 0 atom stereocenters. The molecular weight excluding hydrogens is 218 g/mol. The summed E-state index contributed by atoms with van der Waals surface area (Å²) in [7, 11) is 0. The van der Waals surface area contributed by atoms with Crippen LogP contribution in [0.1, 0.15) is 0 Å². The molecule has 1 fully saturated rings. The van der Waals surface area contributed by atoms with E-state index in [0.717, 1.165) is 0 Å². The minimum absolute atomic E-state index is 0.683. The number of hydroxylamine groups is 2. The topological polar surface area (TPSA) is 185 Å². The lowest BCUT2D eigenvalue weighted by Crippen LogP contribution is -2.85. The zero-order chi connectivity index (χ0) is 12.3. The highest BCUT2D eigenvalue weighted by Crippen LogP contribution is 2.40. The molecule has 1 rings (SSSR count). The summed E-state index contributed by atoms with van der Waals surface area (Å²) < 4.78 is 0. The van der Waals surface area contributed by atoms with Gasteiger partial charge in [-0.15, -0.1) is 5.06 Å². The molecule has 0 aliphatic carbocycles. The van der Waals surface area contributed by atoms with Crippen molar-refractivity contribution in [3.05, 3.63) is 0 Å². The highest BCUT2D eigenvalue weighted by atomic mass is 16.7. The van der Waals surface area contributed by atoms with Crippen molar-refractivity contribution in [3.63, 3.8) is 0 Å². The first-order valence-corrected chi connectivity index (χ1v) is 3.63. The Labute approximate surface area is 82.1 Å². The van der Waals surface area contributed by atoms with E-state index in [9.17, 15) is 0 Å². The van der Waals surface area contributed by atoms with Crippen molar-refractivity contribution in [1.29, 1.82) is 0 Å². The summed E-state index contributed by atoms with van der Waals surface area (Å²) in [5.74, 6) is -15.8. The molecule has 1 aliphatic heterocycles. The summed E-state index contributed by atoms with van der Waals surface area (Å²) in [6, 6.07) is 0. The third-order valence-electron chi connectivity index (χ3n) is 2.24. The summed E-state index contributed by atoms with van der Waals surface area (Å²) >= 11 is 0. The van der Waals surface area contributed by atoms with Gasteiger partial charge < -0.3 is 46.1 Å². The molecule has 0 unspecified atom stereocenters. The lowest BCUT2D eigenvalue weighted by Gasteiger charge is -2.53. The van der Waals surface area contributed by atoms with E-state index in [1.54, 1.807) is 0 Å². The van der Waals surface area contributed by atoms with Crippen molar-refractivity contribution in [2.24, 2.45) is 0 Å². The van der Waals surface area contributed by atoms with E-state index >= 15 is 0 Å². The Bertz CT molecular complexity index is 272. The van der Waals surface area contributed by atoms with Gasteiger partial charge in [-0.05, 0) is 0 Å². The van der Waals surface area contributed by atoms with Crippen LogP contribution in [0.25, 0.3) is 0 Å². The molecule has 0 aromatic carbocycles. The average Bonchev–Trinajstić information content (AvgIpc) is 2.00. The molecule has 90 valence electrons. The molecule has 0 bridgehead atoms. The molecule has 0 radical (unpaired) electrons. The van der Waals surface area contributed by atoms with E-state index < -0.39 is 34.9 Å². The van der Waals surface area contributed by atoms with Crippen LogP contribution in [0.2, 0.25) is 0 Å². The monoisotopic (exact) mass is 229 g/mol. The van der Waals surface area contributed by atoms with Gasteiger partial charge in [-0.1, -0.05) is 0 Å². The second-order valence-electron chi connectivity index (χ2n) is 3.35. The molecule has 15 heavy (non-hydrogen) atoms. The Kier molecular flexibility index (Phi) is 2.39. The minimum atomic E-state index is -4.23. The zero-order valence-electron chi connectivity index (χ0n) is 7.18. The molecule has 0 amide bonds. The Morgan fingerprint density at radius 3 is 1.53 bits per heavy atom. The van der Waals surface area contributed by atoms with Crippen LogP contribution in [0.15, 0.2) is 0 Å². The molecule has 1 saturated heterocycles. The van der Waals surface area contributed by atoms with E-state index in [4.69, 9.17) is 46.1 Å². The highest BCUT2D eigenvalue weighted by molar-refractivity contribution is 5.04. The van der Waals surface area contributed by atoms with Crippen molar-refractivity contribution in [3.8, 4) is 0 Å². The Morgan fingerprint density at radius 1 is 0.733 bits per heavy atom. The number of aliphatic hydroxyl groups is 8. The normalized spacial score (nSPS) is 32.6. The van der Waals surface area contributed by atoms with Crippen molar-refractivity contribution in [2.75, 3.05) is 6.54 Å². The van der Waals surface area contributed by atoms with E-state index in [1.807, 2.05) is 0 Å². The molecule has 0 saturated carbocycles. The van der Waals surface area contributed by atoms with Crippen LogP contribution in [0.4, 0.5) is 0 Å². The Morgan fingerprint density at radius 2 is 1.13 bits per heavy atom. The molecule has 0 spiro atoms. The Balaban J connectivity index is 3.30. The van der Waals surface area contributed by atoms with Crippen LogP contribution in [-0.2, 0) is 0 Å². The largest absolute Gasteiger partial charge is 0.360 e. The first kappa shape index (κ1) is 12.7. The number of nitrogens with zero attached hydrogens (tertiary/aromatic N) is 1. The fourth-order valence-corrected chi connectivity index (χ4v) is 1.12. The van der Waals surface area contributed by atoms with E-state index in [2.05, 4.69) is 0 Å². The predicted molar refractivity (Wildman–Crippen MR) is 37.2 cm³/mol. The minimum Gasteiger partial charge on any atom is -0.360 e. The quantitative estimate of drug-likeness (QED) is 0.181. The van der Waals surface area contributed by atoms with Gasteiger partial charge in [0.25, 0.3) is 11.6 Å². The average molecular weight is 229 g/mol. The van der Waals surface area contributed by atoms with Crippen LogP contribution in [0.5, 0.6) is 0 Å².